The molecule has 0 aliphatic carbocycles. The minimum Gasteiger partial charge on any atom is -0.372 e. The fourth-order valence-electron chi connectivity index (χ4n) is 2.27. The summed E-state index contributed by atoms with van der Waals surface area (Å²) in [6, 6.07) is 8.13. The first kappa shape index (κ1) is 13.2. The summed E-state index contributed by atoms with van der Waals surface area (Å²) in [7, 11) is 1.75. The van der Waals surface area contributed by atoms with Crippen molar-refractivity contribution in [1.29, 1.82) is 0 Å². The number of nitrogens with zero attached hydrogens (tertiary/aromatic N) is 2. The van der Waals surface area contributed by atoms with Gasteiger partial charge in [-0.3, -0.25) is 4.79 Å². The smallest absolute Gasteiger partial charge is 0.241 e. The van der Waals surface area contributed by atoms with Gasteiger partial charge in [-0.25, -0.2) is 0 Å². The van der Waals surface area contributed by atoms with Gasteiger partial charge in [0.05, 0.1) is 0 Å². The third-order valence-electron chi connectivity index (χ3n) is 3.45. The molecule has 1 aromatic rings. The first-order valence-corrected chi connectivity index (χ1v) is 6.93. The van der Waals surface area contributed by atoms with Gasteiger partial charge in [-0.05, 0) is 43.5 Å². The van der Waals surface area contributed by atoms with Gasteiger partial charge in [0, 0.05) is 31.5 Å². The Morgan fingerprint density at radius 1 is 1.22 bits per heavy atom. The quantitative estimate of drug-likeness (QED) is 0.786. The average Bonchev–Trinajstić information content (AvgIpc) is 2.47. The summed E-state index contributed by atoms with van der Waals surface area (Å²) in [6.07, 6.45) is 3.88. The van der Waals surface area contributed by atoms with Crippen molar-refractivity contribution in [3.8, 4) is 0 Å². The number of piperidine rings is 1. The number of rotatable bonds is 3. The molecule has 3 nitrogen and oxygen atoms in total. The van der Waals surface area contributed by atoms with Crippen molar-refractivity contribution >= 4 is 28.9 Å². The minimum absolute atomic E-state index is 0.0182. The van der Waals surface area contributed by atoms with Crippen LogP contribution in [0.5, 0.6) is 0 Å². The molecule has 0 bridgehead atoms. The number of carbonyl (C=O) groups is 1. The molecule has 0 saturated carbocycles. The van der Waals surface area contributed by atoms with E-state index in [0.717, 1.165) is 18.8 Å². The Labute approximate surface area is 113 Å². The molecule has 0 N–H and O–H groups in total. The number of anilines is 2. The van der Waals surface area contributed by atoms with Gasteiger partial charge >= 0.3 is 0 Å². The molecule has 0 radical (unpaired) electrons. The first-order chi connectivity index (χ1) is 8.72. The fourth-order valence-corrected chi connectivity index (χ4v) is 2.45. The van der Waals surface area contributed by atoms with E-state index in [-0.39, 0.29) is 11.8 Å². The molecule has 1 heterocycles. The summed E-state index contributed by atoms with van der Waals surface area (Å²) >= 11 is 5.55. The molecular weight excluding hydrogens is 248 g/mol. The van der Waals surface area contributed by atoms with Gasteiger partial charge in [-0.2, -0.15) is 0 Å². The van der Waals surface area contributed by atoms with Gasteiger partial charge in [0.15, 0.2) is 0 Å². The second-order valence-electron chi connectivity index (χ2n) is 4.65. The van der Waals surface area contributed by atoms with E-state index in [1.165, 1.54) is 24.9 Å². The maximum absolute atomic E-state index is 11.5. The molecule has 18 heavy (non-hydrogen) atoms. The predicted molar refractivity (Wildman–Crippen MR) is 76.6 cm³/mol. The summed E-state index contributed by atoms with van der Waals surface area (Å²) in [5.41, 5.74) is 2.13. The lowest BCUT2D eigenvalue weighted by Crippen LogP contribution is -2.29. The second-order valence-corrected chi connectivity index (χ2v) is 4.92. The van der Waals surface area contributed by atoms with Crippen molar-refractivity contribution in [2.45, 2.75) is 19.3 Å². The van der Waals surface area contributed by atoms with Gasteiger partial charge in [-0.1, -0.05) is 0 Å². The Balaban J connectivity index is 2.07. The van der Waals surface area contributed by atoms with Crippen molar-refractivity contribution in [2.75, 3.05) is 35.8 Å². The number of amides is 1. The van der Waals surface area contributed by atoms with E-state index in [2.05, 4.69) is 17.0 Å². The second kappa shape index (κ2) is 6.10. The largest absolute Gasteiger partial charge is 0.372 e. The molecule has 1 aromatic carbocycles. The standard InChI is InChI=1S/C14H19ClN2O/c1-16(14(18)11-15)12-5-7-13(8-6-12)17-9-3-2-4-10-17/h5-8H,2-4,9-11H2,1H3. The number of hydrogen-bond donors (Lipinski definition) is 0. The van der Waals surface area contributed by atoms with Crippen LogP contribution in [0.25, 0.3) is 0 Å². The zero-order chi connectivity index (χ0) is 13.0. The Bertz CT molecular complexity index is 399. The van der Waals surface area contributed by atoms with Crippen molar-refractivity contribution in [2.24, 2.45) is 0 Å². The van der Waals surface area contributed by atoms with Gasteiger partial charge in [-0.15, -0.1) is 11.6 Å². The van der Waals surface area contributed by atoms with Crippen molar-refractivity contribution < 1.29 is 4.79 Å². The van der Waals surface area contributed by atoms with E-state index in [4.69, 9.17) is 11.6 Å². The minimum atomic E-state index is -0.0811. The zero-order valence-electron chi connectivity index (χ0n) is 10.7. The number of carbonyl (C=O) groups excluding carboxylic acids is 1. The zero-order valence-corrected chi connectivity index (χ0v) is 11.5. The molecule has 1 amide bonds. The average molecular weight is 267 g/mol. The van der Waals surface area contributed by atoms with Gasteiger partial charge in [0.25, 0.3) is 0 Å². The van der Waals surface area contributed by atoms with Crippen LogP contribution in [0, 0.1) is 0 Å². The van der Waals surface area contributed by atoms with Gasteiger partial charge in [0.2, 0.25) is 5.91 Å². The lowest BCUT2D eigenvalue weighted by molar-refractivity contribution is -0.116. The van der Waals surface area contributed by atoms with E-state index >= 15 is 0 Å². The summed E-state index contributed by atoms with van der Waals surface area (Å²) in [5.74, 6) is -0.0629. The molecule has 1 aliphatic rings. The van der Waals surface area contributed by atoms with Crippen molar-refractivity contribution in [1.82, 2.24) is 0 Å². The fraction of sp³-hybridized carbons (Fsp3) is 0.500. The maximum atomic E-state index is 11.5. The van der Waals surface area contributed by atoms with Crippen LogP contribution in [-0.2, 0) is 4.79 Å². The van der Waals surface area contributed by atoms with Crippen LogP contribution in [0.1, 0.15) is 19.3 Å². The number of halogens is 1. The molecule has 0 unspecified atom stereocenters. The summed E-state index contributed by atoms with van der Waals surface area (Å²) in [6.45, 7) is 2.27. The summed E-state index contributed by atoms with van der Waals surface area (Å²) < 4.78 is 0. The van der Waals surface area contributed by atoms with Gasteiger partial charge in [0.1, 0.15) is 5.88 Å². The molecular formula is C14H19ClN2O. The monoisotopic (exact) mass is 266 g/mol. The Morgan fingerprint density at radius 3 is 2.39 bits per heavy atom. The molecule has 1 fully saturated rings. The molecule has 4 heteroatoms. The van der Waals surface area contributed by atoms with E-state index in [9.17, 15) is 4.79 Å². The Kier molecular flexibility index (Phi) is 4.48. The van der Waals surface area contributed by atoms with Crippen molar-refractivity contribution in [3.05, 3.63) is 24.3 Å². The van der Waals surface area contributed by atoms with E-state index in [1.54, 1.807) is 11.9 Å². The SMILES string of the molecule is CN(C(=O)CCl)c1ccc(N2CCCCC2)cc1. The summed E-state index contributed by atoms with van der Waals surface area (Å²) in [5, 5.41) is 0. The number of benzene rings is 1. The van der Waals surface area contributed by atoms with Crippen molar-refractivity contribution in [3.63, 3.8) is 0 Å². The van der Waals surface area contributed by atoms with E-state index < -0.39 is 0 Å². The summed E-state index contributed by atoms with van der Waals surface area (Å²) in [4.78, 5) is 15.5. The third kappa shape index (κ3) is 2.96. The van der Waals surface area contributed by atoms with Crippen LogP contribution in [0.15, 0.2) is 24.3 Å². The highest BCUT2D eigenvalue weighted by molar-refractivity contribution is 6.29. The van der Waals surface area contributed by atoms with Crippen LogP contribution in [0.3, 0.4) is 0 Å². The van der Waals surface area contributed by atoms with E-state index in [1.807, 2.05) is 12.1 Å². The topological polar surface area (TPSA) is 23.6 Å². The van der Waals surface area contributed by atoms with Gasteiger partial charge < -0.3 is 9.80 Å². The van der Waals surface area contributed by atoms with Crippen LogP contribution < -0.4 is 9.80 Å². The molecule has 0 spiro atoms. The van der Waals surface area contributed by atoms with Crippen LogP contribution >= 0.6 is 11.6 Å². The Hall–Kier alpha value is -1.22. The number of hydrogen-bond acceptors (Lipinski definition) is 2. The highest BCUT2D eigenvalue weighted by atomic mass is 35.5. The number of alkyl halides is 1. The molecule has 0 aromatic heterocycles. The van der Waals surface area contributed by atoms with Crippen LogP contribution in [0.4, 0.5) is 11.4 Å². The van der Waals surface area contributed by atoms with E-state index in [0.29, 0.717) is 0 Å². The third-order valence-corrected chi connectivity index (χ3v) is 3.68. The lowest BCUT2D eigenvalue weighted by atomic mass is 10.1. The molecule has 98 valence electrons. The molecule has 1 saturated heterocycles. The highest BCUT2D eigenvalue weighted by Gasteiger charge is 2.12. The van der Waals surface area contributed by atoms with Crippen LogP contribution in [0.2, 0.25) is 0 Å². The Morgan fingerprint density at radius 2 is 1.83 bits per heavy atom. The normalized spacial score (nSPS) is 15.6. The predicted octanol–water partition coefficient (Wildman–Crippen LogP) is 2.88. The lowest BCUT2D eigenvalue weighted by Gasteiger charge is -2.29. The maximum Gasteiger partial charge on any atom is 0.241 e. The molecule has 0 atom stereocenters. The first-order valence-electron chi connectivity index (χ1n) is 6.40. The van der Waals surface area contributed by atoms with Crippen LogP contribution in [-0.4, -0.2) is 31.9 Å². The molecule has 2 rings (SSSR count). The molecule has 1 aliphatic heterocycles. The highest BCUT2D eigenvalue weighted by Crippen LogP contribution is 2.23.